The van der Waals surface area contributed by atoms with E-state index in [1.807, 2.05) is 29.5 Å². The second kappa shape index (κ2) is 3.73. The topological polar surface area (TPSA) is 89.3 Å². The molecule has 7 heteroatoms. The van der Waals surface area contributed by atoms with Crippen LogP contribution in [-0.2, 0) is 0 Å². The first-order chi connectivity index (χ1) is 9.63. The number of thiazole rings is 1. The summed E-state index contributed by atoms with van der Waals surface area (Å²) in [5, 5.41) is 0. The number of benzene rings is 1. The van der Waals surface area contributed by atoms with Gasteiger partial charge in [0.1, 0.15) is 5.82 Å². The van der Waals surface area contributed by atoms with E-state index in [2.05, 4.69) is 9.97 Å². The molecule has 4 rings (SSSR count). The molecule has 0 radical (unpaired) electrons. The van der Waals surface area contributed by atoms with Gasteiger partial charge < -0.3 is 10.2 Å². The average Bonchev–Trinajstić information content (AvgIpc) is 3.03. The molecule has 0 spiro atoms. The number of rotatable bonds is 1. The summed E-state index contributed by atoms with van der Waals surface area (Å²) in [7, 11) is 0. The van der Waals surface area contributed by atoms with Gasteiger partial charge in [0.05, 0.1) is 17.4 Å². The lowest BCUT2D eigenvalue weighted by Crippen LogP contribution is -1.94. The van der Waals surface area contributed by atoms with Gasteiger partial charge in [-0.15, -0.1) is 11.3 Å². The van der Waals surface area contributed by atoms with Crippen LogP contribution in [0.25, 0.3) is 27.3 Å². The van der Waals surface area contributed by atoms with Gasteiger partial charge in [0.15, 0.2) is 10.5 Å². The zero-order valence-electron chi connectivity index (χ0n) is 10.5. The van der Waals surface area contributed by atoms with Gasteiger partial charge >= 0.3 is 5.76 Å². The first kappa shape index (κ1) is 11.3. The van der Waals surface area contributed by atoms with Crippen LogP contribution in [0.2, 0.25) is 0 Å². The minimum absolute atomic E-state index is 0.452. The lowest BCUT2D eigenvalue weighted by atomic mass is 10.1. The third-order valence-electron chi connectivity index (χ3n) is 3.25. The van der Waals surface area contributed by atoms with Crippen molar-refractivity contribution in [2.24, 2.45) is 0 Å². The van der Waals surface area contributed by atoms with Gasteiger partial charge in [0.2, 0.25) is 0 Å². The van der Waals surface area contributed by atoms with Crippen molar-refractivity contribution in [2.75, 3.05) is 5.73 Å². The van der Waals surface area contributed by atoms with Crippen molar-refractivity contribution in [2.45, 2.75) is 6.92 Å². The number of aromatic nitrogens is 3. The molecule has 100 valence electrons. The first-order valence-electron chi connectivity index (χ1n) is 5.99. The summed E-state index contributed by atoms with van der Waals surface area (Å²) in [6.45, 7) is 2.02. The molecule has 0 aliphatic heterocycles. The molecule has 0 aliphatic rings. The third-order valence-corrected chi connectivity index (χ3v) is 4.22. The quantitative estimate of drug-likeness (QED) is 0.562. The SMILES string of the molecule is Cc1sc2ncc(N)n2c1-c1ccc2[nH]c(=O)oc2c1. The van der Waals surface area contributed by atoms with Gasteiger partial charge in [-0.25, -0.2) is 9.78 Å². The molecule has 0 saturated carbocycles. The van der Waals surface area contributed by atoms with Gasteiger partial charge in [0, 0.05) is 10.4 Å². The molecular weight excluding hydrogens is 276 g/mol. The highest BCUT2D eigenvalue weighted by molar-refractivity contribution is 7.17. The Kier molecular flexibility index (Phi) is 2.11. The van der Waals surface area contributed by atoms with E-state index >= 15 is 0 Å². The fraction of sp³-hybridized carbons (Fsp3) is 0.0769. The van der Waals surface area contributed by atoms with E-state index in [0.29, 0.717) is 16.9 Å². The maximum atomic E-state index is 11.2. The number of hydrogen-bond donors (Lipinski definition) is 2. The highest BCUT2D eigenvalue weighted by Crippen LogP contribution is 2.33. The molecule has 3 aromatic heterocycles. The Hall–Kier alpha value is -2.54. The fourth-order valence-corrected chi connectivity index (χ4v) is 3.38. The number of hydrogen-bond acceptors (Lipinski definition) is 5. The molecule has 0 atom stereocenters. The van der Waals surface area contributed by atoms with Gasteiger partial charge in [-0.1, -0.05) is 6.07 Å². The van der Waals surface area contributed by atoms with Crippen LogP contribution in [0.4, 0.5) is 5.82 Å². The number of nitrogens with one attached hydrogen (secondary N) is 1. The van der Waals surface area contributed by atoms with Crippen LogP contribution in [0.1, 0.15) is 4.88 Å². The van der Waals surface area contributed by atoms with Crippen LogP contribution < -0.4 is 11.5 Å². The van der Waals surface area contributed by atoms with Crippen LogP contribution in [-0.4, -0.2) is 14.4 Å². The highest BCUT2D eigenvalue weighted by atomic mass is 32.1. The molecule has 0 unspecified atom stereocenters. The second-order valence-electron chi connectivity index (χ2n) is 4.53. The third kappa shape index (κ3) is 1.44. The minimum atomic E-state index is -0.452. The molecule has 4 aromatic rings. The number of imidazole rings is 1. The Morgan fingerprint density at radius 1 is 1.45 bits per heavy atom. The van der Waals surface area contributed by atoms with E-state index in [1.54, 1.807) is 17.5 Å². The zero-order chi connectivity index (χ0) is 13.9. The average molecular weight is 286 g/mol. The highest BCUT2D eigenvalue weighted by Gasteiger charge is 2.15. The van der Waals surface area contributed by atoms with Crippen LogP contribution in [0.5, 0.6) is 0 Å². The summed E-state index contributed by atoms with van der Waals surface area (Å²) in [5.41, 5.74) is 9.10. The van der Waals surface area contributed by atoms with Crippen LogP contribution in [0.3, 0.4) is 0 Å². The van der Waals surface area contributed by atoms with E-state index in [-0.39, 0.29) is 0 Å². The predicted octanol–water partition coefficient (Wildman–Crippen LogP) is 2.39. The normalized spacial score (nSPS) is 11.7. The van der Waals surface area contributed by atoms with E-state index in [9.17, 15) is 4.79 Å². The summed E-state index contributed by atoms with van der Waals surface area (Å²) < 4.78 is 7.02. The van der Waals surface area contributed by atoms with E-state index in [0.717, 1.165) is 21.1 Å². The van der Waals surface area contributed by atoms with Crippen molar-refractivity contribution in [1.29, 1.82) is 0 Å². The monoisotopic (exact) mass is 286 g/mol. The minimum Gasteiger partial charge on any atom is -0.408 e. The number of anilines is 1. The number of H-pyrrole nitrogens is 1. The van der Waals surface area contributed by atoms with Crippen molar-refractivity contribution in [3.05, 3.63) is 39.8 Å². The molecule has 1 aromatic carbocycles. The number of nitrogens with zero attached hydrogens (tertiary/aromatic N) is 2. The Morgan fingerprint density at radius 2 is 2.30 bits per heavy atom. The van der Waals surface area contributed by atoms with Crippen molar-refractivity contribution < 1.29 is 4.42 Å². The van der Waals surface area contributed by atoms with Crippen LogP contribution in [0, 0.1) is 6.92 Å². The van der Waals surface area contributed by atoms with E-state index < -0.39 is 5.76 Å². The van der Waals surface area contributed by atoms with Gasteiger partial charge in [-0.2, -0.15) is 0 Å². The van der Waals surface area contributed by atoms with Crippen molar-refractivity contribution in [3.63, 3.8) is 0 Å². The molecule has 0 bridgehead atoms. The zero-order valence-corrected chi connectivity index (χ0v) is 11.3. The number of nitrogen functional groups attached to an aromatic ring is 1. The van der Waals surface area contributed by atoms with E-state index in [4.69, 9.17) is 10.2 Å². The van der Waals surface area contributed by atoms with E-state index in [1.165, 1.54) is 0 Å². The Bertz CT molecular complexity index is 1000. The Balaban J connectivity index is 2.06. The molecule has 3 heterocycles. The number of aryl methyl sites for hydroxylation is 1. The smallest absolute Gasteiger partial charge is 0.408 e. The number of aromatic amines is 1. The van der Waals surface area contributed by atoms with Crippen LogP contribution in [0.15, 0.2) is 33.6 Å². The van der Waals surface area contributed by atoms with Gasteiger partial charge in [-0.3, -0.25) is 9.38 Å². The number of fused-ring (bicyclic) bond motifs is 2. The largest absolute Gasteiger partial charge is 0.417 e. The molecule has 6 nitrogen and oxygen atoms in total. The number of oxazole rings is 1. The lowest BCUT2D eigenvalue weighted by molar-refractivity contribution is 0.555. The summed E-state index contributed by atoms with van der Waals surface area (Å²) in [5.74, 6) is 0.140. The lowest BCUT2D eigenvalue weighted by Gasteiger charge is -2.03. The number of nitrogens with two attached hydrogens (primary N) is 1. The van der Waals surface area contributed by atoms with Gasteiger partial charge in [-0.05, 0) is 19.1 Å². The first-order valence-corrected chi connectivity index (χ1v) is 6.81. The van der Waals surface area contributed by atoms with Gasteiger partial charge in [0.25, 0.3) is 0 Å². The van der Waals surface area contributed by atoms with Crippen molar-refractivity contribution >= 4 is 33.2 Å². The maximum Gasteiger partial charge on any atom is 0.417 e. The predicted molar refractivity (Wildman–Crippen MR) is 78.0 cm³/mol. The summed E-state index contributed by atoms with van der Waals surface area (Å²) in [6, 6.07) is 5.59. The molecular formula is C13H10N4O2S. The summed E-state index contributed by atoms with van der Waals surface area (Å²) in [6.07, 6.45) is 1.64. The Morgan fingerprint density at radius 3 is 3.15 bits per heavy atom. The standard InChI is InChI=1S/C13H10N4O2S/c1-6-11(17-10(14)5-15-12(17)20-6)7-2-3-8-9(4-7)19-13(18)16-8/h2-5H,14H2,1H3,(H,16,18). The molecule has 20 heavy (non-hydrogen) atoms. The molecule has 0 fully saturated rings. The fourth-order valence-electron chi connectivity index (χ4n) is 2.41. The maximum absolute atomic E-state index is 11.2. The Labute approximate surface area is 116 Å². The molecule has 3 N–H and O–H groups in total. The van der Waals surface area contributed by atoms with Crippen molar-refractivity contribution in [1.82, 2.24) is 14.4 Å². The molecule has 0 aliphatic carbocycles. The van der Waals surface area contributed by atoms with Crippen LogP contribution >= 0.6 is 11.3 Å². The summed E-state index contributed by atoms with van der Waals surface area (Å²) >= 11 is 1.58. The van der Waals surface area contributed by atoms with Crippen molar-refractivity contribution in [3.8, 4) is 11.3 Å². The second-order valence-corrected chi connectivity index (χ2v) is 5.72. The summed E-state index contributed by atoms with van der Waals surface area (Å²) in [4.78, 5) is 20.1. The molecule has 0 amide bonds. The molecule has 0 saturated heterocycles.